The molecule has 0 aromatic heterocycles. The van der Waals surface area contributed by atoms with Crippen LogP contribution < -0.4 is 20.1 Å². The van der Waals surface area contributed by atoms with Crippen molar-refractivity contribution in [3.8, 4) is 11.5 Å². The third-order valence-electron chi connectivity index (χ3n) is 3.17. The number of nitrogens with zero attached hydrogens (tertiary/aromatic N) is 1. The van der Waals surface area contributed by atoms with Crippen LogP contribution in [-0.2, 0) is 0 Å². The average molecular weight is 435 g/mol. The van der Waals surface area contributed by atoms with Crippen LogP contribution in [0.15, 0.2) is 29.3 Å². The molecule has 132 valence electrons. The average Bonchev–Trinajstić information content (AvgIpc) is 2.50. The predicted molar refractivity (Wildman–Crippen MR) is 107 cm³/mol. The fourth-order valence-electron chi connectivity index (χ4n) is 1.89. The molecule has 1 aromatic rings. The summed E-state index contributed by atoms with van der Waals surface area (Å²) >= 11 is 0. The lowest BCUT2D eigenvalue weighted by Crippen LogP contribution is -2.42. The Balaban J connectivity index is 0.00000484. The van der Waals surface area contributed by atoms with E-state index in [1.165, 1.54) is 0 Å². The third-order valence-corrected chi connectivity index (χ3v) is 3.17. The van der Waals surface area contributed by atoms with Crippen molar-refractivity contribution in [2.24, 2.45) is 10.9 Å². The molecule has 0 saturated heterocycles. The van der Waals surface area contributed by atoms with Crippen LogP contribution >= 0.6 is 24.0 Å². The van der Waals surface area contributed by atoms with Crippen LogP contribution in [0.25, 0.3) is 0 Å². The molecule has 0 aliphatic heterocycles. The van der Waals surface area contributed by atoms with Gasteiger partial charge in [-0.2, -0.15) is 0 Å². The summed E-state index contributed by atoms with van der Waals surface area (Å²) in [7, 11) is 3.43. The van der Waals surface area contributed by atoms with E-state index in [2.05, 4.69) is 29.5 Å². The SMILES string of the molecule is CN=C(NCCC(C)C)NCC(C)Oc1cccc(OC)c1.I. The van der Waals surface area contributed by atoms with Crippen molar-refractivity contribution >= 4 is 29.9 Å². The highest BCUT2D eigenvalue weighted by Gasteiger charge is 2.06. The Hall–Kier alpha value is -1.18. The highest BCUT2D eigenvalue weighted by Crippen LogP contribution is 2.19. The van der Waals surface area contributed by atoms with Gasteiger partial charge in [0.1, 0.15) is 17.6 Å². The maximum Gasteiger partial charge on any atom is 0.191 e. The second-order valence-electron chi connectivity index (χ2n) is 5.67. The van der Waals surface area contributed by atoms with Gasteiger partial charge in [-0.15, -0.1) is 24.0 Å². The van der Waals surface area contributed by atoms with Crippen LogP contribution in [0.5, 0.6) is 11.5 Å². The first-order valence-corrected chi connectivity index (χ1v) is 7.80. The maximum atomic E-state index is 5.87. The summed E-state index contributed by atoms with van der Waals surface area (Å²) in [6, 6.07) is 7.62. The van der Waals surface area contributed by atoms with Gasteiger partial charge in [-0.05, 0) is 31.4 Å². The lowest BCUT2D eigenvalue weighted by Gasteiger charge is -2.18. The number of halogens is 1. The van der Waals surface area contributed by atoms with Crippen molar-refractivity contribution in [1.82, 2.24) is 10.6 Å². The van der Waals surface area contributed by atoms with E-state index in [-0.39, 0.29) is 30.1 Å². The van der Waals surface area contributed by atoms with Crippen molar-refractivity contribution in [1.29, 1.82) is 0 Å². The number of hydrogen-bond donors (Lipinski definition) is 2. The summed E-state index contributed by atoms with van der Waals surface area (Å²) in [6.07, 6.45) is 1.15. The molecule has 1 rings (SSSR count). The molecule has 0 saturated carbocycles. The normalized spacial score (nSPS) is 12.3. The lowest BCUT2D eigenvalue weighted by molar-refractivity contribution is 0.223. The highest BCUT2D eigenvalue weighted by molar-refractivity contribution is 14.0. The number of rotatable bonds is 8. The van der Waals surface area contributed by atoms with Gasteiger partial charge in [-0.1, -0.05) is 19.9 Å². The first kappa shape index (κ1) is 21.8. The molecule has 0 heterocycles. The molecule has 2 N–H and O–H groups in total. The van der Waals surface area contributed by atoms with E-state index < -0.39 is 0 Å². The van der Waals surface area contributed by atoms with E-state index in [1.54, 1.807) is 14.2 Å². The van der Waals surface area contributed by atoms with Crippen LogP contribution in [0.1, 0.15) is 27.2 Å². The first-order chi connectivity index (χ1) is 10.5. The quantitative estimate of drug-likeness (QED) is 0.374. The van der Waals surface area contributed by atoms with Gasteiger partial charge in [0, 0.05) is 19.7 Å². The van der Waals surface area contributed by atoms with E-state index in [0.29, 0.717) is 12.5 Å². The van der Waals surface area contributed by atoms with Crippen molar-refractivity contribution in [3.05, 3.63) is 24.3 Å². The molecular formula is C17H30IN3O2. The molecule has 0 bridgehead atoms. The second-order valence-corrected chi connectivity index (χ2v) is 5.67. The molecule has 0 amide bonds. The Morgan fingerprint density at radius 1 is 1.17 bits per heavy atom. The molecule has 0 spiro atoms. The molecule has 6 heteroatoms. The molecule has 0 radical (unpaired) electrons. The van der Waals surface area contributed by atoms with Gasteiger partial charge < -0.3 is 20.1 Å². The van der Waals surface area contributed by atoms with Gasteiger partial charge in [0.05, 0.1) is 13.7 Å². The van der Waals surface area contributed by atoms with Crippen molar-refractivity contribution in [2.75, 3.05) is 27.2 Å². The third kappa shape index (κ3) is 9.53. The van der Waals surface area contributed by atoms with E-state index in [0.717, 1.165) is 30.4 Å². The topological polar surface area (TPSA) is 54.9 Å². The van der Waals surface area contributed by atoms with E-state index in [4.69, 9.17) is 9.47 Å². The first-order valence-electron chi connectivity index (χ1n) is 7.80. The Morgan fingerprint density at radius 2 is 1.87 bits per heavy atom. The molecule has 0 fully saturated rings. The second kappa shape index (κ2) is 12.3. The number of ether oxygens (including phenoxy) is 2. The monoisotopic (exact) mass is 435 g/mol. The lowest BCUT2D eigenvalue weighted by atomic mass is 10.1. The van der Waals surface area contributed by atoms with Gasteiger partial charge in [0.25, 0.3) is 0 Å². The van der Waals surface area contributed by atoms with Gasteiger partial charge >= 0.3 is 0 Å². The molecule has 5 nitrogen and oxygen atoms in total. The zero-order chi connectivity index (χ0) is 16.4. The number of aliphatic imine (C=N–C) groups is 1. The van der Waals surface area contributed by atoms with E-state index in [9.17, 15) is 0 Å². The molecular weight excluding hydrogens is 405 g/mol. The molecule has 1 atom stereocenters. The van der Waals surface area contributed by atoms with Gasteiger partial charge in [0.2, 0.25) is 0 Å². The molecule has 1 unspecified atom stereocenters. The van der Waals surface area contributed by atoms with E-state index in [1.807, 2.05) is 31.2 Å². The standard InChI is InChI=1S/C17H29N3O2.HI/c1-13(2)9-10-19-17(18-4)20-12-14(3)22-16-8-6-7-15(11-16)21-5;/h6-8,11,13-14H,9-10,12H2,1-5H3,(H2,18,19,20);1H. The van der Waals surface area contributed by atoms with Crippen LogP contribution in [0, 0.1) is 5.92 Å². The Bertz CT molecular complexity index is 467. The Morgan fingerprint density at radius 3 is 2.48 bits per heavy atom. The minimum Gasteiger partial charge on any atom is -0.497 e. The van der Waals surface area contributed by atoms with E-state index >= 15 is 0 Å². The van der Waals surface area contributed by atoms with Crippen LogP contribution in [-0.4, -0.2) is 39.3 Å². The molecule has 0 aliphatic rings. The number of benzene rings is 1. The minimum absolute atomic E-state index is 0. The van der Waals surface area contributed by atoms with Gasteiger partial charge in [-0.3, -0.25) is 4.99 Å². The number of guanidine groups is 1. The van der Waals surface area contributed by atoms with Crippen LogP contribution in [0.3, 0.4) is 0 Å². The Kier molecular flexibility index (Phi) is 11.6. The zero-order valence-electron chi connectivity index (χ0n) is 14.8. The van der Waals surface area contributed by atoms with Gasteiger partial charge in [-0.25, -0.2) is 0 Å². The molecule has 23 heavy (non-hydrogen) atoms. The summed E-state index contributed by atoms with van der Waals surface area (Å²) < 4.78 is 11.1. The van der Waals surface area contributed by atoms with Crippen LogP contribution in [0.4, 0.5) is 0 Å². The summed E-state index contributed by atoms with van der Waals surface area (Å²) in [5, 5.41) is 6.58. The minimum atomic E-state index is 0. The Labute approximate surface area is 157 Å². The summed E-state index contributed by atoms with van der Waals surface area (Å²) in [5.74, 6) is 3.09. The summed E-state index contributed by atoms with van der Waals surface area (Å²) in [6.45, 7) is 8.04. The highest BCUT2D eigenvalue weighted by atomic mass is 127. The fourth-order valence-corrected chi connectivity index (χ4v) is 1.89. The summed E-state index contributed by atoms with van der Waals surface area (Å²) in [4.78, 5) is 4.21. The molecule has 1 aromatic carbocycles. The van der Waals surface area contributed by atoms with Crippen molar-refractivity contribution in [2.45, 2.75) is 33.3 Å². The fraction of sp³-hybridized carbons (Fsp3) is 0.588. The zero-order valence-corrected chi connectivity index (χ0v) is 17.1. The van der Waals surface area contributed by atoms with Crippen molar-refractivity contribution in [3.63, 3.8) is 0 Å². The smallest absolute Gasteiger partial charge is 0.191 e. The van der Waals surface area contributed by atoms with Crippen LogP contribution in [0.2, 0.25) is 0 Å². The van der Waals surface area contributed by atoms with Crippen molar-refractivity contribution < 1.29 is 9.47 Å². The molecule has 0 aliphatic carbocycles. The number of nitrogens with one attached hydrogen (secondary N) is 2. The largest absolute Gasteiger partial charge is 0.497 e. The summed E-state index contributed by atoms with van der Waals surface area (Å²) in [5.41, 5.74) is 0. The predicted octanol–water partition coefficient (Wildman–Crippen LogP) is 3.29. The van der Waals surface area contributed by atoms with Gasteiger partial charge in [0.15, 0.2) is 5.96 Å². The number of methoxy groups -OCH3 is 1. The maximum absolute atomic E-state index is 5.87. The number of hydrogen-bond acceptors (Lipinski definition) is 3.